The molecule has 1 fully saturated rings. The number of amides is 1. The van der Waals surface area contributed by atoms with Crippen LogP contribution in [0.25, 0.3) is 0 Å². The molecule has 21 heavy (non-hydrogen) atoms. The van der Waals surface area contributed by atoms with E-state index in [-0.39, 0.29) is 41.3 Å². The van der Waals surface area contributed by atoms with Gasteiger partial charge in [-0.25, -0.2) is 8.42 Å². The molecule has 1 atom stereocenters. The van der Waals surface area contributed by atoms with Crippen molar-refractivity contribution in [3.05, 3.63) is 27.8 Å². The standard InChI is InChI=1S/C12H13N3O5S/c16-12-4-7-3-11(15(17)18)10(5-9(7)14-12)13-8-1-2-21(19,20)6-8/h3,5,8,13H,1-2,4,6H2,(H,14,16). The van der Waals surface area contributed by atoms with Crippen molar-refractivity contribution in [2.45, 2.75) is 18.9 Å². The Kier molecular flexibility index (Phi) is 3.08. The average Bonchev–Trinajstić information content (AvgIpc) is 2.89. The fourth-order valence-corrected chi connectivity index (χ4v) is 4.33. The molecule has 0 saturated carbocycles. The van der Waals surface area contributed by atoms with E-state index in [1.54, 1.807) is 0 Å². The average molecular weight is 311 g/mol. The summed E-state index contributed by atoms with van der Waals surface area (Å²) in [7, 11) is -3.07. The van der Waals surface area contributed by atoms with Gasteiger partial charge >= 0.3 is 0 Å². The highest BCUT2D eigenvalue weighted by Crippen LogP contribution is 2.35. The van der Waals surface area contributed by atoms with Crippen molar-refractivity contribution in [2.24, 2.45) is 0 Å². The number of hydrogen-bond acceptors (Lipinski definition) is 6. The molecule has 0 bridgehead atoms. The second kappa shape index (κ2) is 4.69. The molecule has 2 aliphatic heterocycles. The summed E-state index contributed by atoms with van der Waals surface area (Å²) < 4.78 is 22.9. The van der Waals surface area contributed by atoms with Crippen molar-refractivity contribution in [3.63, 3.8) is 0 Å². The Morgan fingerprint density at radius 3 is 2.76 bits per heavy atom. The van der Waals surface area contributed by atoms with Gasteiger partial charge in [-0.3, -0.25) is 14.9 Å². The smallest absolute Gasteiger partial charge is 0.292 e. The predicted octanol–water partition coefficient (Wildman–Crippen LogP) is 0.688. The SMILES string of the molecule is O=C1Cc2cc([N+](=O)[O-])c(NC3CCS(=O)(=O)C3)cc2N1. The Balaban J connectivity index is 1.92. The number of carbonyl (C=O) groups is 1. The molecule has 0 aliphatic carbocycles. The van der Waals surface area contributed by atoms with Gasteiger partial charge in [0.05, 0.1) is 22.8 Å². The Bertz CT molecular complexity index is 744. The molecule has 1 aromatic rings. The molecule has 1 saturated heterocycles. The zero-order valence-electron chi connectivity index (χ0n) is 11.0. The number of nitrogens with zero attached hydrogens (tertiary/aromatic N) is 1. The van der Waals surface area contributed by atoms with Crippen LogP contribution < -0.4 is 10.6 Å². The van der Waals surface area contributed by atoms with E-state index < -0.39 is 14.8 Å². The topological polar surface area (TPSA) is 118 Å². The van der Waals surface area contributed by atoms with Crippen LogP contribution in [0.3, 0.4) is 0 Å². The molecule has 2 aliphatic rings. The van der Waals surface area contributed by atoms with E-state index in [2.05, 4.69) is 10.6 Å². The van der Waals surface area contributed by atoms with Gasteiger partial charge in [0, 0.05) is 17.8 Å². The molecule has 0 radical (unpaired) electrons. The number of rotatable bonds is 3. The van der Waals surface area contributed by atoms with Gasteiger partial charge in [-0.15, -0.1) is 0 Å². The molecule has 9 heteroatoms. The van der Waals surface area contributed by atoms with E-state index in [1.165, 1.54) is 12.1 Å². The number of fused-ring (bicyclic) bond motifs is 1. The first-order valence-electron chi connectivity index (χ1n) is 6.42. The molecular weight excluding hydrogens is 298 g/mol. The van der Waals surface area contributed by atoms with Crippen molar-refractivity contribution in [1.29, 1.82) is 0 Å². The molecular formula is C12H13N3O5S. The lowest BCUT2D eigenvalue weighted by molar-refractivity contribution is -0.384. The number of nitro benzene ring substituents is 1. The van der Waals surface area contributed by atoms with Gasteiger partial charge in [-0.2, -0.15) is 0 Å². The first-order valence-corrected chi connectivity index (χ1v) is 8.24. The maximum Gasteiger partial charge on any atom is 0.292 e. The van der Waals surface area contributed by atoms with E-state index in [0.29, 0.717) is 17.7 Å². The van der Waals surface area contributed by atoms with Crippen LogP contribution in [0.5, 0.6) is 0 Å². The minimum atomic E-state index is -3.07. The van der Waals surface area contributed by atoms with Gasteiger partial charge in [-0.05, 0) is 18.1 Å². The molecule has 112 valence electrons. The molecule has 1 aromatic carbocycles. The number of hydrogen-bond donors (Lipinski definition) is 2. The molecule has 0 spiro atoms. The minimum Gasteiger partial charge on any atom is -0.376 e. The van der Waals surface area contributed by atoms with E-state index in [1.807, 2.05) is 0 Å². The summed E-state index contributed by atoms with van der Waals surface area (Å²) in [6.45, 7) is 0. The van der Waals surface area contributed by atoms with Crippen LogP contribution in [0.4, 0.5) is 17.1 Å². The third-order valence-electron chi connectivity index (χ3n) is 3.64. The monoisotopic (exact) mass is 311 g/mol. The van der Waals surface area contributed by atoms with Crippen molar-refractivity contribution in [3.8, 4) is 0 Å². The number of benzene rings is 1. The molecule has 2 N–H and O–H groups in total. The Morgan fingerprint density at radius 1 is 1.38 bits per heavy atom. The van der Waals surface area contributed by atoms with Crippen LogP contribution >= 0.6 is 0 Å². The van der Waals surface area contributed by atoms with Gasteiger partial charge in [0.2, 0.25) is 5.91 Å². The Morgan fingerprint density at radius 2 is 2.14 bits per heavy atom. The van der Waals surface area contributed by atoms with E-state index in [0.717, 1.165) is 0 Å². The van der Waals surface area contributed by atoms with Gasteiger partial charge in [0.25, 0.3) is 5.69 Å². The van der Waals surface area contributed by atoms with E-state index in [9.17, 15) is 23.3 Å². The molecule has 1 amide bonds. The summed E-state index contributed by atoms with van der Waals surface area (Å²) >= 11 is 0. The van der Waals surface area contributed by atoms with Crippen LogP contribution in [0.1, 0.15) is 12.0 Å². The largest absolute Gasteiger partial charge is 0.376 e. The van der Waals surface area contributed by atoms with Gasteiger partial charge < -0.3 is 10.6 Å². The molecule has 3 rings (SSSR count). The first-order chi connectivity index (χ1) is 9.84. The highest BCUT2D eigenvalue weighted by Gasteiger charge is 2.31. The Labute approximate surface area is 120 Å². The minimum absolute atomic E-state index is 0.0341. The molecule has 8 nitrogen and oxygen atoms in total. The lowest BCUT2D eigenvalue weighted by Gasteiger charge is -2.13. The second-order valence-corrected chi connectivity index (χ2v) is 7.48. The van der Waals surface area contributed by atoms with Crippen LogP contribution in [0.2, 0.25) is 0 Å². The second-order valence-electron chi connectivity index (χ2n) is 5.25. The normalized spacial score (nSPS) is 22.7. The van der Waals surface area contributed by atoms with Crippen molar-refractivity contribution in [2.75, 3.05) is 22.1 Å². The highest BCUT2D eigenvalue weighted by atomic mass is 32.2. The lowest BCUT2D eigenvalue weighted by Crippen LogP contribution is -2.21. The van der Waals surface area contributed by atoms with Gasteiger partial charge in [0.15, 0.2) is 9.84 Å². The number of carbonyl (C=O) groups excluding carboxylic acids is 1. The van der Waals surface area contributed by atoms with E-state index >= 15 is 0 Å². The molecule has 2 heterocycles. The Hall–Kier alpha value is -2.16. The summed E-state index contributed by atoms with van der Waals surface area (Å²) in [6, 6.07) is 2.52. The number of nitrogens with one attached hydrogen (secondary N) is 2. The van der Waals surface area contributed by atoms with Crippen molar-refractivity contribution < 1.29 is 18.1 Å². The molecule has 1 unspecified atom stereocenters. The van der Waals surface area contributed by atoms with E-state index in [4.69, 9.17) is 0 Å². The van der Waals surface area contributed by atoms with Crippen molar-refractivity contribution in [1.82, 2.24) is 0 Å². The highest BCUT2D eigenvalue weighted by molar-refractivity contribution is 7.91. The number of nitro groups is 1. The third-order valence-corrected chi connectivity index (χ3v) is 5.40. The zero-order valence-corrected chi connectivity index (χ0v) is 11.8. The summed E-state index contributed by atoms with van der Waals surface area (Å²) in [5.74, 6) is -0.159. The zero-order chi connectivity index (χ0) is 15.2. The predicted molar refractivity (Wildman–Crippen MR) is 76.1 cm³/mol. The van der Waals surface area contributed by atoms with Crippen LogP contribution in [-0.2, 0) is 21.1 Å². The lowest BCUT2D eigenvalue weighted by atomic mass is 10.1. The third kappa shape index (κ3) is 2.68. The van der Waals surface area contributed by atoms with Gasteiger partial charge in [-0.1, -0.05) is 0 Å². The first kappa shape index (κ1) is 13.8. The maximum absolute atomic E-state index is 11.4. The molecule has 0 aromatic heterocycles. The fourth-order valence-electron chi connectivity index (χ4n) is 2.66. The maximum atomic E-state index is 11.4. The van der Waals surface area contributed by atoms with Crippen LogP contribution in [0.15, 0.2) is 12.1 Å². The quantitative estimate of drug-likeness (QED) is 0.626. The van der Waals surface area contributed by atoms with Crippen LogP contribution in [0, 0.1) is 10.1 Å². The summed E-state index contributed by atoms with van der Waals surface area (Å²) in [4.78, 5) is 22.0. The number of anilines is 2. The summed E-state index contributed by atoms with van der Waals surface area (Å²) in [6.07, 6.45) is 0.539. The fraction of sp³-hybridized carbons (Fsp3) is 0.417. The van der Waals surface area contributed by atoms with Crippen molar-refractivity contribution >= 4 is 32.8 Å². The van der Waals surface area contributed by atoms with Gasteiger partial charge in [0.1, 0.15) is 5.69 Å². The number of sulfone groups is 1. The summed E-state index contributed by atoms with van der Waals surface area (Å²) in [5.41, 5.74) is 1.21. The van der Waals surface area contributed by atoms with Crippen LogP contribution in [-0.4, -0.2) is 36.8 Å². The summed E-state index contributed by atoms with van der Waals surface area (Å²) in [5, 5.41) is 16.7.